The van der Waals surface area contributed by atoms with Crippen molar-refractivity contribution in [2.75, 3.05) is 13.2 Å². The Kier molecular flexibility index (Phi) is 4.43. The molecule has 0 amide bonds. The topological polar surface area (TPSA) is 47.3 Å². The molecule has 1 rings (SSSR count). The molecule has 0 saturated heterocycles. The predicted octanol–water partition coefficient (Wildman–Crippen LogP) is 1.54. The summed E-state index contributed by atoms with van der Waals surface area (Å²) in [5.74, 6) is 6.13. The standard InChI is InChI=1S/C11H18N2O/c1-9-5-3-6-11(10(9)2)14-8-4-7-13-12/h3,5-6,13H,4,7-8,12H2,1-2H3. The molecule has 0 aliphatic carbocycles. The molecule has 0 radical (unpaired) electrons. The van der Waals surface area contributed by atoms with E-state index in [-0.39, 0.29) is 0 Å². The van der Waals surface area contributed by atoms with Crippen LogP contribution in [-0.2, 0) is 0 Å². The van der Waals surface area contributed by atoms with Crippen molar-refractivity contribution in [3.63, 3.8) is 0 Å². The van der Waals surface area contributed by atoms with Crippen LogP contribution >= 0.6 is 0 Å². The average molecular weight is 194 g/mol. The number of nitrogens with one attached hydrogen (secondary N) is 1. The highest BCUT2D eigenvalue weighted by atomic mass is 16.5. The van der Waals surface area contributed by atoms with E-state index in [0.29, 0.717) is 6.61 Å². The van der Waals surface area contributed by atoms with E-state index in [1.54, 1.807) is 0 Å². The van der Waals surface area contributed by atoms with Gasteiger partial charge in [-0.3, -0.25) is 11.3 Å². The highest BCUT2D eigenvalue weighted by Crippen LogP contribution is 2.20. The number of hydrogen-bond donors (Lipinski definition) is 2. The van der Waals surface area contributed by atoms with E-state index in [9.17, 15) is 0 Å². The molecule has 0 spiro atoms. The maximum absolute atomic E-state index is 5.62. The molecule has 1 aromatic rings. The van der Waals surface area contributed by atoms with Gasteiger partial charge in [0.05, 0.1) is 6.61 Å². The molecule has 0 bridgehead atoms. The van der Waals surface area contributed by atoms with Crippen LogP contribution in [0.4, 0.5) is 0 Å². The Morgan fingerprint density at radius 2 is 2.14 bits per heavy atom. The van der Waals surface area contributed by atoms with E-state index in [1.165, 1.54) is 11.1 Å². The molecular weight excluding hydrogens is 176 g/mol. The summed E-state index contributed by atoms with van der Waals surface area (Å²) in [4.78, 5) is 0. The lowest BCUT2D eigenvalue weighted by atomic mass is 10.1. The Morgan fingerprint density at radius 1 is 1.36 bits per heavy atom. The number of aryl methyl sites for hydroxylation is 1. The largest absolute Gasteiger partial charge is 0.493 e. The van der Waals surface area contributed by atoms with E-state index in [2.05, 4.69) is 25.3 Å². The van der Waals surface area contributed by atoms with Crippen molar-refractivity contribution in [3.8, 4) is 5.75 Å². The summed E-state index contributed by atoms with van der Waals surface area (Å²) in [5.41, 5.74) is 5.08. The lowest BCUT2D eigenvalue weighted by molar-refractivity contribution is 0.306. The van der Waals surface area contributed by atoms with Gasteiger partial charge in [-0.05, 0) is 37.5 Å². The number of benzene rings is 1. The highest BCUT2D eigenvalue weighted by molar-refractivity contribution is 5.38. The van der Waals surface area contributed by atoms with Crippen LogP contribution in [-0.4, -0.2) is 13.2 Å². The second kappa shape index (κ2) is 5.62. The normalized spacial score (nSPS) is 10.2. The van der Waals surface area contributed by atoms with Gasteiger partial charge in [-0.2, -0.15) is 0 Å². The van der Waals surface area contributed by atoms with Crippen molar-refractivity contribution < 1.29 is 4.74 Å². The fourth-order valence-corrected chi connectivity index (χ4v) is 1.24. The molecule has 0 aliphatic heterocycles. The van der Waals surface area contributed by atoms with Gasteiger partial charge in [-0.15, -0.1) is 0 Å². The second-order valence-corrected chi connectivity index (χ2v) is 3.35. The fourth-order valence-electron chi connectivity index (χ4n) is 1.24. The summed E-state index contributed by atoms with van der Waals surface area (Å²) in [6.07, 6.45) is 0.921. The van der Waals surface area contributed by atoms with Gasteiger partial charge in [-0.25, -0.2) is 0 Å². The van der Waals surface area contributed by atoms with E-state index < -0.39 is 0 Å². The lowest BCUT2D eigenvalue weighted by Crippen LogP contribution is -2.24. The number of ether oxygens (including phenoxy) is 1. The number of nitrogens with two attached hydrogens (primary N) is 1. The summed E-state index contributed by atoms with van der Waals surface area (Å²) in [5, 5.41) is 0. The summed E-state index contributed by atoms with van der Waals surface area (Å²) in [7, 11) is 0. The van der Waals surface area contributed by atoms with Gasteiger partial charge in [0, 0.05) is 6.54 Å². The number of hydrazine groups is 1. The van der Waals surface area contributed by atoms with E-state index in [4.69, 9.17) is 10.6 Å². The maximum Gasteiger partial charge on any atom is 0.122 e. The van der Waals surface area contributed by atoms with Gasteiger partial charge in [-0.1, -0.05) is 12.1 Å². The molecule has 0 atom stereocenters. The van der Waals surface area contributed by atoms with Crippen LogP contribution in [0.3, 0.4) is 0 Å². The van der Waals surface area contributed by atoms with Crippen LogP contribution < -0.4 is 16.0 Å². The van der Waals surface area contributed by atoms with Gasteiger partial charge in [0.1, 0.15) is 5.75 Å². The molecule has 3 N–H and O–H groups in total. The fraction of sp³-hybridized carbons (Fsp3) is 0.455. The Morgan fingerprint density at radius 3 is 2.86 bits per heavy atom. The lowest BCUT2D eigenvalue weighted by Gasteiger charge is -2.10. The molecule has 0 aliphatic rings. The van der Waals surface area contributed by atoms with Crippen molar-refractivity contribution >= 4 is 0 Å². The van der Waals surface area contributed by atoms with Gasteiger partial charge in [0.15, 0.2) is 0 Å². The summed E-state index contributed by atoms with van der Waals surface area (Å²) >= 11 is 0. The molecule has 0 heterocycles. The molecule has 0 saturated carbocycles. The average Bonchev–Trinajstić information content (AvgIpc) is 2.19. The highest BCUT2D eigenvalue weighted by Gasteiger charge is 2.00. The van der Waals surface area contributed by atoms with Crippen molar-refractivity contribution in [1.82, 2.24) is 5.43 Å². The molecule has 14 heavy (non-hydrogen) atoms. The molecule has 0 fully saturated rings. The monoisotopic (exact) mass is 194 g/mol. The molecule has 3 heteroatoms. The van der Waals surface area contributed by atoms with Crippen LogP contribution in [0, 0.1) is 13.8 Å². The van der Waals surface area contributed by atoms with Crippen LogP contribution in [0.1, 0.15) is 17.5 Å². The first kappa shape index (κ1) is 11.0. The van der Waals surface area contributed by atoms with Crippen LogP contribution in [0.15, 0.2) is 18.2 Å². The zero-order valence-corrected chi connectivity index (χ0v) is 8.84. The smallest absolute Gasteiger partial charge is 0.122 e. The third-order valence-corrected chi connectivity index (χ3v) is 2.28. The van der Waals surface area contributed by atoms with Crippen molar-refractivity contribution in [1.29, 1.82) is 0 Å². The second-order valence-electron chi connectivity index (χ2n) is 3.35. The Bertz CT molecular complexity index is 287. The van der Waals surface area contributed by atoms with Gasteiger partial charge >= 0.3 is 0 Å². The van der Waals surface area contributed by atoms with Crippen LogP contribution in [0.5, 0.6) is 5.75 Å². The van der Waals surface area contributed by atoms with Gasteiger partial charge in [0.25, 0.3) is 0 Å². The van der Waals surface area contributed by atoms with Gasteiger partial charge < -0.3 is 4.74 Å². The number of rotatable bonds is 5. The molecular formula is C11H18N2O. The van der Waals surface area contributed by atoms with E-state index in [0.717, 1.165) is 18.7 Å². The van der Waals surface area contributed by atoms with Crippen LogP contribution in [0.25, 0.3) is 0 Å². The minimum atomic E-state index is 0.703. The van der Waals surface area contributed by atoms with E-state index >= 15 is 0 Å². The molecule has 78 valence electrons. The zero-order valence-electron chi connectivity index (χ0n) is 8.84. The van der Waals surface area contributed by atoms with Crippen molar-refractivity contribution in [3.05, 3.63) is 29.3 Å². The van der Waals surface area contributed by atoms with Crippen molar-refractivity contribution in [2.45, 2.75) is 20.3 Å². The summed E-state index contributed by atoms with van der Waals surface area (Å²) in [6.45, 7) is 5.65. The SMILES string of the molecule is Cc1cccc(OCCCNN)c1C. The Hall–Kier alpha value is -1.06. The zero-order chi connectivity index (χ0) is 10.4. The minimum absolute atomic E-state index is 0.703. The van der Waals surface area contributed by atoms with Crippen LogP contribution in [0.2, 0.25) is 0 Å². The Labute approximate surface area is 85.2 Å². The van der Waals surface area contributed by atoms with Crippen molar-refractivity contribution in [2.24, 2.45) is 5.84 Å². The molecule has 3 nitrogen and oxygen atoms in total. The minimum Gasteiger partial charge on any atom is -0.493 e. The first-order chi connectivity index (χ1) is 6.75. The summed E-state index contributed by atoms with van der Waals surface area (Å²) < 4.78 is 5.62. The third-order valence-electron chi connectivity index (χ3n) is 2.28. The van der Waals surface area contributed by atoms with E-state index in [1.807, 2.05) is 12.1 Å². The number of hydrogen-bond acceptors (Lipinski definition) is 3. The first-order valence-electron chi connectivity index (χ1n) is 4.88. The molecule has 0 aromatic heterocycles. The van der Waals surface area contributed by atoms with Gasteiger partial charge in [0.2, 0.25) is 0 Å². The maximum atomic E-state index is 5.62. The molecule has 0 unspecified atom stereocenters. The quantitative estimate of drug-likeness (QED) is 0.424. The summed E-state index contributed by atoms with van der Waals surface area (Å²) in [6, 6.07) is 6.10. The third kappa shape index (κ3) is 3.01. The predicted molar refractivity (Wildman–Crippen MR) is 58.2 cm³/mol. The first-order valence-corrected chi connectivity index (χ1v) is 4.88. The molecule has 1 aromatic carbocycles. The Balaban J connectivity index is 2.46.